The molecule has 1 N–H and O–H groups in total. The number of rotatable bonds is 3. The van der Waals surface area contributed by atoms with Crippen LogP contribution in [0, 0.1) is 20.8 Å². The number of fused-ring (bicyclic) bond motifs is 1. The van der Waals surface area contributed by atoms with Crippen LogP contribution in [0.3, 0.4) is 0 Å². The molecule has 0 amide bonds. The van der Waals surface area contributed by atoms with Crippen LogP contribution in [0.2, 0.25) is 0 Å². The number of nitrogens with zero attached hydrogens (tertiary/aromatic N) is 1. The number of aryl methyl sites for hydroxylation is 3. The zero-order valence-corrected chi connectivity index (χ0v) is 13.4. The summed E-state index contributed by atoms with van der Waals surface area (Å²) in [5.41, 5.74) is 4.17. The Balaban J connectivity index is 2.03. The van der Waals surface area contributed by atoms with Gasteiger partial charge in [0.25, 0.3) is 10.0 Å². The third-order valence-electron chi connectivity index (χ3n) is 3.46. The van der Waals surface area contributed by atoms with E-state index < -0.39 is 10.0 Å². The second-order valence-electron chi connectivity index (χ2n) is 5.37. The number of benzene rings is 2. The van der Waals surface area contributed by atoms with Crippen molar-refractivity contribution in [1.82, 2.24) is 4.98 Å². The average molecular weight is 316 g/mol. The zero-order valence-electron chi connectivity index (χ0n) is 12.5. The maximum atomic E-state index is 12.7. The summed E-state index contributed by atoms with van der Waals surface area (Å²) in [5.74, 6) is 0. The number of oxazole rings is 1. The highest BCUT2D eigenvalue weighted by Gasteiger charge is 2.20. The molecule has 0 atom stereocenters. The number of sulfonamides is 1. The van der Waals surface area contributed by atoms with Crippen LogP contribution < -0.4 is 4.72 Å². The molecule has 0 saturated carbocycles. The lowest BCUT2D eigenvalue weighted by molar-refractivity contribution is 0.600. The van der Waals surface area contributed by atoms with E-state index in [1.54, 1.807) is 32.0 Å². The third kappa shape index (κ3) is 2.57. The maximum Gasteiger partial charge on any atom is 0.262 e. The van der Waals surface area contributed by atoms with E-state index in [1.807, 2.05) is 19.1 Å². The van der Waals surface area contributed by atoms with Gasteiger partial charge in [-0.1, -0.05) is 17.7 Å². The molecule has 22 heavy (non-hydrogen) atoms. The van der Waals surface area contributed by atoms with E-state index >= 15 is 0 Å². The fourth-order valence-corrected chi connectivity index (χ4v) is 4.22. The molecule has 0 bridgehead atoms. The smallest absolute Gasteiger partial charge is 0.262 e. The summed E-state index contributed by atoms with van der Waals surface area (Å²) in [6, 6.07) is 8.73. The Kier molecular flexibility index (Phi) is 3.41. The fraction of sp³-hybridized carbons (Fsp3) is 0.188. The van der Waals surface area contributed by atoms with Crippen LogP contribution in [0.1, 0.15) is 16.7 Å². The van der Waals surface area contributed by atoms with E-state index in [4.69, 9.17) is 4.42 Å². The van der Waals surface area contributed by atoms with Gasteiger partial charge in [-0.15, -0.1) is 0 Å². The van der Waals surface area contributed by atoms with Gasteiger partial charge in [-0.05, 0) is 44.0 Å². The Morgan fingerprint density at radius 3 is 2.41 bits per heavy atom. The van der Waals surface area contributed by atoms with Crippen LogP contribution in [0.5, 0.6) is 0 Å². The van der Waals surface area contributed by atoms with E-state index in [1.165, 1.54) is 6.39 Å². The highest BCUT2D eigenvalue weighted by molar-refractivity contribution is 7.92. The number of anilines is 1. The van der Waals surface area contributed by atoms with Crippen LogP contribution in [0.25, 0.3) is 11.1 Å². The topological polar surface area (TPSA) is 72.2 Å². The highest BCUT2D eigenvalue weighted by Crippen LogP contribution is 2.25. The van der Waals surface area contributed by atoms with Gasteiger partial charge in [-0.2, -0.15) is 0 Å². The molecule has 2 aromatic carbocycles. The maximum absolute atomic E-state index is 12.7. The lowest BCUT2D eigenvalue weighted by Crippen LogP contribution is -2.15. The molecular formula is C16H16N2O3S. The molecule has 1 aromatic heterocycles. The minimum Gasteiger partial charge on any atom is -0.443 e. The first-order valence-corrected chi connectivity index (χ1v) is 8.29. The van der Waals surface area contributed by atoms with Gasteiger partial charge in [0.15, 0.2) is 12.0 Å². The summed E-state index contributed by atoms with van der Waals surface area (Å²) in [7, 11) is -3.66. The predicted octanol–water partition coefficient (Wildman–Crippen LogP) is 3.55. The quantitative estimate of drug-likeness (QED) is 0.802. The van der Waals surface area contributed by atoms with Crippen molar-refractivity contribution in [3.05, 3.63) is 53.4 Å². The second kappa shape index (κ2) is 5.14. The van der Waals surface area contributed by atoms with E-state index in [-0.39, 0.29) is 0 Å². The number of nitrogens with one attached hydrogen (secondary N) is 1. The Morgan fingerprint density at radius 1 is 1.05 bits per heavy atom. The molecule has 0 aliphatic rings. The number of hydrogen-bond acceptors (Lipinski definition) is 4. The van der Waals surface area contributed by atoms with Crippen molar-refractivity contribution in [2.75, 3.05) is 4.72 Å². The second-order valence-corrected chi connectivity index (χ2v) is 6.99. The van der Waals surface area contributed by atoms with Crippen molar-refractivity contribution in [2.24, 2.45) is 0 Å². The monoisotopic (exact) mass is 316 g/mol. The highest BCUT2D eigenvalue weighted by atomic mass is 32.2. The fourth-order valence-electron chi connectivity index (χ4n) is 2.72. The van der Waals surface area contributed by atoms with E-state index in [0.717, 1.165) is 16.7 Å². The molecule has 1 heterocycles. The molecule has 6 heteroatoms. The van der Waals surface area contributed by atoms with Crippen LogP contribution in [0.15, 0.2) is 46.0 Å². The van der Waals surface area contributed by atoms with Gasteiger partial charge in [0.2, 0.25) is 0 Å². The summed E-state index contributed by atoms with van der Waals surface area (Å²) >= 11 is 0. The first-order valence-electron chi connectivity index (χ1n) is 6.81. The molecule has 0 saturated heterocycles. The van der Waals surface area contributed by atoms with Gasteiger partial charge in [-0.3, -0.25) is 4.72 Å². The van der Waals surface area contributed by atoms with Gasteiger partial charge >= 0.3 is 0 Å². The van der Waals surface area contributed by atoms with Crippen LogP contribution in [-0.2, 0) is 10.0 Å². The molecule has 3 aromatic rings. The van der Waals surface area contributed by atoms with Crippen molar-refractivity contribution in [3.8, 4) is 0 Å². The summed E-state index contributed by atoms with van der Waals surface area (Å²) < 4.78 is 33.1. The summed E-state index contributed by atoms with van der Waals surface area (Å²) in [6.07, 6.45) is 1.33. The lowest BCUT2D eigenvalue weighted by Gasteiger charge is -2.13. The minimum atomic E-state index is -3.66. The Morgan fingerprint density at radius 2 is 1.73 bits per heavy atom. The largest absolute Gasteiger partial charge is 0.443 e. The van der Waals surface area contributed by atoms with E-state index in [0.29, 0.717) is 21.7 Å². The van der Waals surface area contributed by atoms with Crippen molar-refractivity contribution < 1.29 is 12.8 Å². The normalized spacial score (nSPS) is 11.8. The molecular weight excluding hydrogens is 300 g/mol. The first-order chi connectivity index (χ1) is 10.4. The van der Waals surface area contributed by atoms with E-state index in [2.05, 4.69) is 9.71 Å². The molecule has 0 spiro atoms. The molecule has 0 aliphatic carbocycles. The SMILES string of the molecule is Cc1cc(C)c(S(=O)(=O)Nc2ccc3ncoc3c2)c(C)c1. The molecule has 0 aliphatic heterocycles. The molecule has 0 fully saturated rings. The molecule has 5 nitrogen and oxygen atoms in total. The molecule has 114 valence electrons. The summed E-state index contributed by atoms with van der Waals surface area (Å²) in [6.45, 7) is 5.55. The average Bonchev–Trinajstić information content (AvgIpc) is 2.83. The number of hydrogen-bond donors (Lipinski definition) is 1. The standard InChI is InChI=1S/C16H16N2O3S/c1-10-6-11(2)16(12(3)7-10)22(19,20)18-13-4-5-14-15(8-13)21-9-17-14/h4-9,18H,1-3H3. The summed E-state index contributed by atoms with van der Waals surface area (Å²) in [5, 5.41) is 0. The Bertz CT molecular complexity index is 935. The van der Waals surface area contributed by atoms with Crippen molar-refractivity contribution in [3.63, 3.8) is 0 Å². The third-order valence-corrected chi connectivity index (χ3v) is 5.14. The van der Waals surface area contributed by atoms with Crippen molar-refractivity contribution in [1.29, 1.82) is 0 Å². The van der Waals surface area contributed by atoms with Gasteiger partial charge in [0, 0.05) is 6.07 Å². The molecule has 0 radical (unpaired) electrons. The van der Waals surface area contributed by atoms with Crippen LogP contribution >= 0.6 is 0 Å². The summed E-state index contributed by atoms with van der Waals surface area (Å²) in [4.78, 5) is 4.32. The van der Waals surface area contributed by atoms with Gasteiger partial charge < -0.3 is 4.42 Å². The van der Waals surface area contributed by atoms with E-state index in [9.17, 15) is 8.42 Å². The Hall–Kier alpha value is -2.34. The lowest BCUT2D eigenvalue weighted by atomic mass is 10.1. The zero-order chi connectivity index (χ0) is 15.9. The van der Waals surface area contributed by atoms with Crippen LogP contribution in [-0.4, -0.2) is 13.4 Å². The van der Waals surface area contributed by atoms with Gasteiger partial charge in [-0.25, -0.2) is 13.4 Å². The number of aromatic nitrogens is 1. The Labute approximate surface area is 129 Å². The van der Waals surface area contributed by atoms with Gasteiger partial charge in [0.05, 0.1) is 10.6 Å². The van der Waals surface area contributed by atoms with Gasteiger partial charge in [0.1, 0.15) is 5.52 Å². The predicted molar refractivity (Wildman–Crippen MR) is 85.5 cm³/mol. The molecule has 3 rings (SSSR count). The first kappa shape index (κ1) is 14.6. The van der Waals surface area contributed by atoms with Crippen LogP contribution in [0.4, 0.5) is 5.69 Å². The van der Waals surface area contributed by atoms with Crippen molar-refractivity contribution in [2.45, 2.75) is 25.7 Å². The minimum absolute atomic E-state index is 0.316. The van der Waals surface area contributed by atoms with Crippen molar-refractivity contribution >= 4 is 26.8 Å². The molecule has 0 unspecified atom stereocenters.